The van der Waals surface area contributed by atoms with Crippen LogP contribution in [0.2, 0.25) is 0 Å². The largest absolute Gasteiger partial charge is 0.469 e. The summed E-state index contributed by atoms with van der Waals surface area (Å²) in [5.74, 6) is 0.848. The van der Waals surface area contributed by atoms with Crippen molar-refractivity contribution in [2.45, 2.75) is 37.6 Å². The van der Waals surface area contributed by atoms with E-state index < -0.39 is 10.0 Å². The fourth-order valence-electron chi connectivity index (χ4n) is 2.12. The fourth-order valence-corrected chi connectivity index (χ4v) is 3.68. The molecule has 1 atom stereocenters. The summed E-state index contributed by atoms with van der Waals surface area (Å²) in [5.41, 5.74) is 6.81. The normalized spacial score (nSPS) is 13.2. The Kier molecular flexibility index (Phi) is 4.69. The van der Waals surface area contributed by atoms with Gasteiger partial charge < -0.3 is 10.2 Å². The number of rotatable bonds is 6. The summed E-state index contributed by atoms with van der Waals surface area (Å²) in [7, 11) is -3.56. The minimum absolute atomic E-state index is 0.194. The lowest BCUT2D eigenvalue weighted by Gasteiger charge is -2.15. The fraction of sp³-hybridized carbons (Fsp3) is 0.333. The zero-order valence-corrected chi connectivity index (χ0v) is 13.0. The number of hydrogen-bond acceptors (Lipinski definition) is 4. The van der Waals surface area contributed by atoms with E-state index in [4.69, 9.17) is 10.2 Å². The van der Waals surface area contributed by atoms with E-state index in [2.05, 4.69) is 4.72 Å². The van der Waals surface area contributed by atoms with Gasteiger partial charge in [-0.05, 0) is 50.1 Å². The van der Waals surface area contributed by atoms with Crippen LogP contribution in [0.5, 0.6) is 0 Å². The molecule has 0 saturated heterocycles. The highest BCUT2D eigenvalue weighted by atomic mass is 32.2. The molecule has 0 spiro atoms. The number of sulfonamides is 1. The van der Waals surface area contributed by atoms with E-state index in [1.54, 1.807) is 31.4 Å². The first-order chi connectivity index (χ1) is 9.90. The molecule has 0 radical (unpaired) electrons. The summed E-state index contributed by atoms with van der Waals surface area (Å²) in [6, 6.07) is 8.40. The lowest BCUT2D eigenvalue weighted by molar-refractivity contribution is 0.480. The van der Waals surface area contributed by atoms with Gasteiger partial charge in [0.2, 0.25) is 10.0 Å². The summed E-state index contributed by atoms with van der Waals surface area (Å²) in [6.07, 6.45) is 2.96. The second kappa shape index (κ2) is 6.32. The van der Waals surface area contributed by atoms with Crippen LogP contribution in [0.4, 0.5) is 5.69 Å². The lowest BCUT2D eigenvalue weighted by Crippen LogP contribution is -2.33. The standard InChI is InChI=1S/C15H20N2O3S/c1-11(8-9-13-5-4-10-20-13)17-21(18,19)15-7-3-6-14(16)12(15)2/h3-7,10-11,17H,8-9,16H2,1-2H3. The predicted octanol–water partition coefficient (Wildman–Crippen LogP) is 2.47. The second-order valence-corrected chi connectivity index (χ2v) is 6.79. The smallest absolute Gasteiger partial charge is 0.241 e. The van der Waals surface area contributed by atoms with Crippen molar-refractivity contribution in [1.29, 1.82) is 0 Å². The highest BCUT2D eigenvalue weighted by Gasteiger charge is 2.20. The van der Waals surface area contributed by atoms with Gasteiger partial charge in [0.1, 0.15) is 5.76 Å². The molecule has 0 bridgehead atoms. The Bertz CT molecular complexity index is 694. The van der Waals surface area contributed by atoms with Gasteiger partial charge in [0, 0.05) is 18.2 Å². The van der Waals surface area contributed by atoms with Crippen molar-refractivity contribution in [2.24, 2.45) is 0 Å². The predicted molar refractivity (Wildman–Crippen MR) is 82.4 cm³/mol. The van der Waals surface area contributed by atoms with Crippen molar-refractivity contribution in [3.8, 4) is 0 Å². The number of nitrogen functional groups attached to an aromatic ring is 1. The molecule has 5 nitrogen and oxygen atoms in total. The first kappa shape index (κ1) is 15.6. The van der Waals surface area contributed by atoms with Gasteiger partial charge in [-0.1, -0.05) is 6.07 Å². The topological polar surface area (TPSA) is 85.3 Å². The van der Waals surface area contributed by atoms with E-state index in [9.17, 15) is 8.42 Å². The second-order valence-electron chi connectivity index (χ2n) is 5.11. The van der Waals surface area contributed by atoms with Gasteiger partial charge in [0.15, 0.2) is 0 Å². The third kappa shape index (κ3) is 3.86. The molecular weight excluding hydrogens is 288 g/mol. The molecule has 0 saturated carbocycles. The van der Waals surface area contributed by atoms with Crippen molar-refractivity contribution in [2.75, 3.05) is 5.73 Å². The van der Waals surface area contributed by atoms with Crippen LogP contribution in [-0.2, 0) is 16.4 Å². The number of nitrogens with one attached hydrogen (secondary N) is 1. The van der Waals surface area contributed by atoms with E-state index in [0.29, 0.717) is 24.1 Å². The Labute approximate surface area is 125 Å². The molecule has 114 valence electrons. The van der Waals surface area contributed by atoms with Crippen LogP contribution >= 0.6 is 0 Å². The maximum Gasteiger partial charge on any atom is 0.241 e. The van der Waals surface area contributed by atoms with Gasteiger partial charge in [-0.2, -0.15) is 0 Å². The van der Waals surface area contributed by atoms with Crippen molar-refractivity contribution < 1.29 is 12.8 Å². The van der Waals surface area contributed by atoms with Crippen LogP contribution in [0.15, 0.2) is 45.9 Å². The molecule has 0 fully saturated rings. The van der Waals surface area contributed by atoms with E-state index in [-0.39, 0.29) is 10.9 Å². The average Bonchev–Trinajstić information content (AvgIpc) is 2.92. The first-order valence-electron chi connectivity index (χ1n) is 6.80. The highest BCUT2D eigenvalue weighted by Crippen LogP contribution is 2.20. The maximum absolute atomic E-state index is 12.4. The Balaban J connectivity index is 2.05. The van der Waals surface area contributed by atoms with E-state index in [1.807, 2.05) is 19.1 Å². The summed E-state index contributed by atoms with van der Waals surface area (Å²) >= 11 is 0. The Hall–Kier alpha value is -1.79. The third-order valence-electron chi connectivity index (χ3n) is 3.38. The summed E-state index contributed by atoms with van der Waals surface area (Å²) in [6.45, 7) is 3.54. The molecule has 0 aliphatic rings. The van der Waals surface area contributed by atoms with Crippen LogP contribution in [0, 0.1) is 6.92 Å². The molecule has 21 heavy (non-hydrogen) atoms. The van der Waals surface area contributed by atoms with Crippen LogP contribution in [0.3, 0.4) is 0 Å². The highest BCUT2D eigenvalue weighted by molar-refractivity contribution is 7.89. The van der Waals surface area contributed by atoms with E-state index >= 15 is 0 Å². The number of nitrogens with two attached hydrogens (primary N) is 1. The SMILES string of the molecule is Cc1c(N)cccc1S(=O)(=O)NC(C)CCc1ccco1. The van der Waals surface area contributed by atoms with Crippen molar-refractivity contribution >= 4 is 15.7 Å². The molecule has 0 aliphatic heterocycles. The first-order valence-corrected chi connectivity index (χ1v) is 8.28. The van der Waals surface area contributed by atoms with Crippen molar-refractivity contribution in [1.82, 2.24) is 4.72 Å². The molecule has 3 N–H and O–H groups in total. The maximum atomic E-state index is 12.4. The average molecular weight is 308 g/mol. The molecule has 2 aromatic rings. The quantitative estimate of drug-likeness (QED) is 0.803. The van der Waals surface area contributed by atoms with Crippen LogP contribution < -0.4 is 10.5 Å². The molecule has 0 aliphatic carbocycles. The number of hydrogen-bond donors (Lipinski definition) is 2. The van der Waals surface area contributed by atoms with E-state index in [0.717, 1.165) is 5.76 Å². The third-order valence-corrected chi connectivity index (χ3v) is 5.11. The molecule has 1 aromatic carbocycles. The molecule has 6 heteroatoms. The van der Waals surface area contributed by atoms with Gasteiger partial charge >= 0.3 is 0 Å². The molecule has 2 rings (SSSR count). The summed E-state index contributed by atoms with van der Waals surface area (Å²) < 4.78 is 32.7. The zero-order valence-electron chi connectivity index (χ0n) is 12.2. The molecule has 1 unspecified atom stereocenters. The van der Waals surface area contributed by atoms with Crippen LogP contribution in [0.25, 0.3) is 0 Å². The summed E-state index contributed by atoms with van der Waals surface area (Å²) in [5, 5.41) is 0. The molecule has 0 amide bonds. The minimum atomic E-state index is -3.56. The van der Waals surface area contributed by atoms with Crippen LogP contribution in [0.1, 0.15) is 24.7 Å². The van der Waals surface area contributed by atoms with Crippen LogP contribution in [-0.4, -0.2) is 14.5 Å². The number of anilines is 1. The number of benzene rings is 1. The minimum Gasteiger partial charge on any atom is -0.469 e. The van der Waals surface area contributed by atoms with Gasteiger partial charge in [0.25, 0.3) is 0 Å². The van der Waals surface area contributed by atoms with Gasteiger partial charge in [0.05, 0.1) is 11.2 Å². The number of aryl methyl sites for hydroxylation is 1. The molecular formula is C15H20N2O3S. The zero-order chi connectivity index (χ0) is 15.5. The Morgan fingerprint density at radius 3 is 2.71 bits per heavy atom. The van der Waals surface area contributed by atoms with E-state index in [1.165, 1.54) is 0 Å². The van der Waals surface area contributed by atoms with Gasteiger partial charge in [-0.15, -0.1) is 0 Å². The Morgan fingerprint density at radius 2 is 2.05 bits per heavy atom. The number of furan rings is 1. The van der Waals surface area contributed by atoms with Gasteiger partial charge in [-0.3, -0.25) is 0 Å². The van der Waals surface area contributed by atoms with Gasteiger partial charge in [-0.25, -0.2) is 13.1 Å². The van der Waals surface area contributed by atoms with Crippen molar-refractivity contribution in [3.05, 3.63) is 47.9 Å². The molecule has 1 heterocycles. The summed E-state index contributed by atoms with van der Waals surface area (Å²) in [4.78, 5) is 0.229. The lowest BCUT2D eigenvalue weighted by atomic mass is 10.2. The Morgan fingerprint density at radius 1 is 1.29 bits per heavy atom. The van der Waals surface area contributed by atoms with Crippen molar-refractivity contribution in [3.63, 3.8) is 0 Å². The monoisotopic (exact) mass is 308 g/mol. The molecule has 1 aromatic heterocycles.